The van der Waals surface area contributed by atoms with Crippen molar-refractivity contribution in [3.63, 3.8) is 0 Å². The molecule has 5 heteroatoms. The number of benzene rings is 4. The monoisotopic (exact) mass is 537 g/mol. The Bertz CT molecular complexity index is 1330. The highest BCUT2D eigenvalue weighted by atomic mass is 16.7. The van der Waals surface area contributed by atoms with Crippen LogP contribution in [0.4, 0.5) is 0 Å². The number of nitrogens with two attached hydrogens (primary N) is 1. The second-order valence-electron chi connectivity index (χ2n) is 10.2. The van der Waals surface area contributed by atoms with Gasteiger partial charge in [-0.25, -0.2) is 0 Å². The Balaban J connectivity index is 1.36. The van der Waals surface area contributed by atoms with Gasteiger partial charge in [-0.05, 0) is 65.8 Å². The molecular weight excluding hydrogens is 498 g/mol. The van der Waals surface area contributed by atoms with Crippen molar-refractivity contribution in [2.24, 2.45) is 5.73 Å². The van der Waals surface area contributed by atoms with Crippen LogP contribution in [0, 0.1) is 0 Å². The fourth-order valence-corrected chi connectivity index (χ4v) is 5.23. The van der Waals surface area contributed by atoms with Gasteiger partial charge in [0.15, 0.2) is 5.79 Å². The summed E-state index contributed by atoms with van der Waals surface area (Å²) in [6.07, 6.45) is 2.33. The van der Waals surface area contributed by atoms with Crippen molar-refractivity contribution in [1.82, 2.24) is 0 Å². The third-order valence-electron chi connectivity index (χ3n) is 7.38. The lowest BCUT2D eigenvalue weighted by Crippen LogP contribution is -2.31. The van der Waals surface area contributed by atoms with Gasteiger partial charge in [-0.2, -0.15) is 0 Å². The van der Waals surface area contributed by atoms with Crippen LogP contribution in [0.2, 0.25) is 0 Å². The van der Waals surface area contributed by atoms with Crippen LogP contribution in [0.3, 0.4) is 0 Å². The first-order valence-electron chi connectivity index (χ1n) is 14.2. The molecule has 1 aliphatic heterocycles. The molecule has 5 nitrogen and oxygen atoms in total. The highest BCUT2D eigenvalue weighted by Crippen LogP contribution is 2.42. The summed E-state index contributed by atoms with van der Waals surface area (Å²) in [6, 6.07) is 35.2. The van der Waals surface area contributed by atoms with Crippen LogP contribution < -0.4 is 10.5 Å². The van der Waals surface area contributed by atoms with E-state index in [1.807, 2.05) is 55.5 Å². The van der Waals surface area contributed by atoms with E-state index >= 15 is 0 Å². The first-order valence-corrected chi connectivity index (χ1v) is 14.2. The summed E-state index contributed by atoms with van der Waals surface area (Å²) in [4.78, 5) is 0. The second kappa shape index (κ2) is 13.7. The third-order valence-corrected chi connectivity index (χ3v) is 7.38. The van der Waals surface area contributed by atoms with E-state index in [9.17, 15) is 0 Å². The summed E-state index contributed by atoms with van der Waals surface area (Å²) in [7, 11) is 0. The van der Waals surface area contributed by atoms with Gasteiger partial charge in [0.1, 0.15) is 5.75 Å². The summed E-state index contributed by atoms with van der Waals surface area (Å²) in [5.74, 6) is 0.0318. The largest absolute Gasteiger partial charge is 0.494 e. The smallest absolute Gasteiger partial charge is 0.195 e. The lowest BCUT2D eigenvalue weighted by molar-refractivity contribution is -0.248. The summed E-state index contributed by atoms with van der Waals surface area (Å²) in [5, 5.41) is 0. The Morgan fingerprint density at radius 3 is 2.17 bits per heavy atom. The summed E-state index contributed by atoms with van der Waals surface area (Å²) in [5.41, 5.74) is 13.0. The van der Waals surface area contributed by atoms with Crippen LogP contribution in [0.5, 0.6) is 5.75 Å². The van der Waals surface area contributed by atoms with Crippen molar-refractivity contribution in [3.05, 3.63) is 137 Å². The lowest BCUT2D eigenvalue weighted by Gasteiger charge is -2.31. The Morgan fingerprint density at radius 2 is 1.50 bits per heavy atom. The van der Waals surface area contributed by atoms with Crippen molar-refractivity contribution < 1.29 is 18.9 Å². The molecule has 1 fully saturated rings. The van der Waals surface area contributed by atoms with Gasteiger partial charge >= 0.3 is 0 Å². The molecular formula is C35H39NO4. The van der Waals surface area contributed by atoms with Gasteiger partial charge in [-0.1, -0.05) is 84.9 Å². The van der Waals surface area contributed by atoms with E-state index in [1.54, 1.807) is 0 Å². The van der Waals surface area contributed by atoms with Crippen molar-refractivity contribution >= 4 is 0 Å². The number of hydrogen-bond donors (Lipinski definition) is 1. The van der Waals surface area contributed by atoms with Gasteiger partial charge in [-0.15, -0.1) is 0 Å². The van der Waals surface area contributed by atoms with Crippen molar-refractivity contribution in [2.45, 2.75) is 57.8 Å². The second-order valence-corrected chi connectivity index (χ2v) is 10.2. The number of rotatable bonds is 13. The molecule has 0 saturated carbocycles. The Kier molecular flexibility index (Phi) is 9.63. The van der Waals surface area contributed by atoms with E-state index < -0.39 is 5.79 Å². The molecule has 0 aliphatic carbocycles. The standard InChI is InChI=1S/C35H39NO4/c1-2-38-33-17-13-27(14-18-33)21-31-22-32(16-15-30(31)23-36)35(39-25-29-11-7-4-8-12-29)20-19-34(40-35)26-37-24-28-9-5-3-6-10-28/h3-18,22,34H,2,19-21,23-26,36H2,1H3. The van der Waals surface area contributed by atoms with Gasteiger partial charge < -0.3 is 24.7 Å². The minimum Gasteiger partial charge on any atom is -0.494 e. The molecule has 2 unspecified atom stereocenters. The van der Waals surface area contributed by atoms with Crippen LogP contribution in [0.1, 0.15) is 53.1 Å². The molecule has 1 heterocycles. The first kappa shape index (κ1) is 28.1. The van der Waals surface area contributed by atoms with E-state index in [0.29, 0.717) is 33.0 Å². The minimum atomic E-state index is -0.850. The Labute approximate surface area is 237 Å². The highest BCUT2D eigenvalue weighted by molar-refractivity contribution is 5.39. The molecule has 4 aromatic carbocycles. The van der Waals surface area contributed by atoms with Gasteiger partial charge in [0.05, 0.1) is 32.5 Å². The molecule has 0 spiro atoms. The highest BCUT2D eigenvalue weighted by Gasteiger charge is 2.43. The SMILES string of the molecule is CCOc1ccc(Cc2cc(C3(OCc4ccccc4)CCC(COCc4ccccc4)O3)ccc2CN)cc1. The molecule has 2 N–H and O–H groups in total. The van der Waals surface area contributed by atoms with Crippen LogP contribution in [0.25, 0.3) is 0 Å². The first-order chi connectivity index (χ1) is 19.7. The summed E-state index contributed by atoms with van der Waals surface area (Å²) < 4.78 is 25.0. The van der Waals surface area contributed by atoms with Crippen LogP contribution >= 0.6 is 0 Å². The van der Waals surface area contributed by atoms with Crippen LogP contribution in [0.15, 0.2) is 103 Å². The molecule has 208 valence electrons. The average molecular weight is 538 g/mol. The molecule has 0 amide bonds. The van der Waals surface area contributed by atoms with Gasteiger partial charge in [0.2, 0.25) is 0 Å². The number of ether oxygens (including phenoxy) is 4. The topological polar surface area (TPSA) is 62.9 Å². The molecule has 4 aromatic rings. The zero-order valence-electron chi connectivity index (χ0n) is 23.3. The van der Waals surface area contributed by atoms with Crippen molar-refractivity contribution in [3.8, 4) is 5.75 Å². The molecule has 1 saturated heterocycles. The predicted octanol–water partition coefficient (Wildman–Crippen LogP) is 6.90. The fourth-order valence-electron chi connectivity index (χ4n) is 5.23. The molecule has 0 bridgehead atoms. The molecule has 0 aromatic heterocycles. The van der Waals surface area contributed by atoms with Crippen molar-refractivity contribution in [1.29, 1.82) is 0 Å². The van der Waals surface area contributed by atoms with Gasteiger partial charge in [-0.3, -0.25) is 0 Å². The van der Waals surface area contributed by atoms with E-state index in [1.165, 1.54) is 11.1 Å². The van der Waals surface area contributed by atoms with E-state index in [2.05, 4.69) is 54.6 Å². The quantitative estimate of drug-likeness (QED) is 0.201. The predicted molar refractivity (Wildman–Crippen MR) is 158 cm³/mol. The van der Waals surface area contributed by atoms with E-state index in [4.69, 9.17) is 24.7 Å². The van der Waals surface area contributed by atoms with Crippen molar-refractivity contribution in [2.75, 3.05) is 13.2 Å². The van der Waals surface area contributed by atoms with E-state index in [-0.39, 0.29) is 6.10 Å². The maximum atomic E-state index is 6.72. The fraction of sp³-hybridized carbons (Fsp3) is 0.314. The zero-order chi connectivity index (χ0) is 27.6. The molecule has 5 rings (SSSR count). The number of hydrogen-bond acceptors (Lipinski definition) is 5. The van der Waals surface area contributed by atoms with Crippen LogP contribution in [-0.4, -0.2) is 19.3 Å². The van der Waals surface area contributed by atoms with Gasteiger partial charge in [0.25, 0.3) is 0 Å². The molecule has 40 heavy (non-hydrogen) atoms. The Hall–Kier alpha value is -3.48. The maximum absolute atomic E-state index is 6.72. The Morgan fingerprint density at radius 1 is 0.800 bits per heavy atom. The average Bonchev–Trinajstić information content (AvgIpc) is 3.42. The zero-order valence-corrected chi connectivity index (χ0v) is 23.3. The van der Waals surface area contributed by atoms with Gasteiger partial charge in [0, 0.05) is 18.5 Å². The third kappa shape index (κ3) is 7.18. The van der Waals surface area contributed by atoms with E-state index in [0.717, 1.165) is 47.3 Å². The maximum Gasteiger partial charge on any atom is 0.195 e. The summed E-state index contributed by atoms with van der Waals surface area (Å²) >= 11 is 0. The summed E-state index contributed by atoms with van der Waals surface area (Å²) in [6.45, 7) is 4.67. The molecule has 1 aliphatic rings. The normalized spacial score (nSPS) is 18.6. The lowest BCUT2D eigenvalue weighted by atomic mass is 9.93. The minimum absolute atomic E-state index is 0.0526. The van der Waals surface area contributed by atoms with Crippen LogP contribution in [-0.2, 0) is 46.2 Å². The molecule has 2 atom stereocenters. The molecule has 0 radical (unpaired) electrons.